The molecule has 3 rings (SSSR count). The summed E-state index contributed by atoms with van der Waals surface area (Å²) in [5.41, 5.74) is 1.77. The van der Waals surface area contributed by atoms with Crippen LogP contribution < -0.4 is 19.5 Å². The van der Waals surface area contributed by atoms with Crippen LogP contribution >= 0.6 is 11.8 Å². The predicted molar refractivity (Wildman–Crippen MR) is 115 cm³/mol. The number of aromatic nitrogens is 3. The molecule has 0 unspecified atom stereocenters. The fourth-order valence-corrected chi connectivity index (χ4v) is 3.62. The number of rotatable bonds is 9. The van der Waals surface area contributed by atoms with Crippen molar-refractivity contribution in [3.8, 4) is 28.6 Å². The molecular weight excluding hydrogens is 404 g/mol. The number of para-hydroxylation sites is 1. The lowest BCUT2D eigenvalue weighted by Crippen LogP contribution is -2.24. The van der Waals surface area contributed by atoms with Gasteiger partial charge in [0.2, 0.25) is 5.91 Å². The van der Waals surface area contributed by atoms with Gasteiger partial charge in [0.25, 0.3) is 0 Å². The van der Waals surface area contributed by atoms with Gasteiger partial charge in [-0.2, -0.15) is 0 Å². The number of nitrogens with one attached hydrogen (secondary N) is 1. The fraction of sp³-hybridized carbons (Fsp3) is 0.286. The van der Waals surface area contributed by atoms with Crippen molar-refractivity contribution in [2.45, 2.75) is 11.7 Å². The van der Waals surface area contributed by atoms with Crippen LogP contribution in [0.3, 0.4) is 0 Å². The van der Waals surface area contributed by atoms with Gasteiger partial charge in [-0.3, -0.25) is 4.79 Å². The normalized spacial score (nSPS) is 10.5. The van der Waals surface area contributed by atoms with E-state index in [9.17, 15) is 4.79 Å². The second kappa shape index (κ2) is 10.0. The van der Waals surface area contributed by atoms with Gasteiger partial charge in [0.15, 0.2) is 22.5 Å². The third-order valence-electron chi connectivity index (χ3n) is 4.45. The first-order valence-electron chi connectivity index (χ1n) is 9.20. The highest BCUT2D eigenvalue weighted by molar-refractivity contribution is 7.99. The summed E-state index contributed by atoms with van der Waals surface area (Å²) in [5, 5.41) is 12.0. The maximum Gasteiger partial charge on any atom is 0.230 e. The average Bonchev–Trinajstić information content (AvgIpc) is 3.15. The molecule has 0 saturated carbocycles. The van der Waals surface area contributed by atoms with Gasteiger partial charge >= 0.3 is 0 Å². The molecule has 0 radical (unpaired) electrons. The van der Waals surface area contributed by atoms with Crippen molar-refractivity contribution in [2.75, 3.05) is 27.1 Å². The molecule has 1 amide bonds. The van der Waals surface area contributed by atoms with Gasteiger partial charge in [-0.05, 0) is 29.8 Å². The van der Waals surface area contributed by atoms with Crippen molar-refractivity contribution < 1.29 is 19.0 Å². The highest BCUT2D eigenvalue weighted by Crippen LogP contribution is 2.30. The number of carbonyl (C=O) groups is 1. The quantitative estimate of drug-likeness (QED) is 0.524. The molecule has 0 atom stereocenters. The summed E-state index contributed by atoms with van der Waals surface area (Å²) in [6, 6.07) is 13.2. The van der Waals surface area contributed by atoms with E-state index in [2.05, 4.69) is 15.5 Å². The molecule has 9 heteroatoms. The maximum atomic E-state index is 12.3. The molecule has 0 fully saturated rings. The molecule has 1 heterocycles. The minimum Gasteiger partial charge on any atom is -0.496 e. The molecular formula is C21H24N4O4S. The van der Waals surface area contributed by atoms with Gasteiger partial charge in [-0.1, -0.05) is 30.0 Å². The topological polar surface area (TPSA) is 87.5 Å². The molecule has 2 aromatic carbocycles. The van der Waals surface area contributed by atoms with Crippen molar-refractivity contribution >= 4 is 17.7 Å². The maximum absolute atomic E-state index is 12.3. The molecule has 1 aromatic heterocycles. The van der Waals surface area contributed by atoms with E-state index in [0.29, 0.717) is 29.0 Å². The van der Waals surface area contributed by atoms with Crippen molar-refractivity contribution in [1.82, 2.24) is 20.1 Å². The number of hydrogen-bond donors (Lipinski definition) is 1. The van der Waals surface area contributed by atoms with Crippen LogP contribution in [0.25, 0.3) is 11.4 Å². The summed E-state index contributed by atoms with van der Waals surface area (Å²) < 4.78 is 17.8. The monoisotopic (exact) mass is 428 g/mol. The van der Waals surface area contributed by atoms with Gasteiger partial charge < -0.3 is 24.1 Å². The molecule has 0 aliphatic heterocycles. The van der Waals surface area contributed by atoms with Crippen molar-refractivity contribution in [2.24, 2.45) is 7.05 Å². The Morgan fingerprint density at radius 2 is 1.73 bits per heavy atom. The van der Waals surface area contributed by atoms with Gasteiger partial charge in [0, 0.05) is 13.6 Å². The van der Waals surface area contributed by atoms with E-state index in [-0.39, 0.29) is 11.7 Å². The van der Waals surface area contributed by atoms with Crippen LogP contribution in [-0.4, -0.2) is 47.8 Å². The lowest BCUT2D eigenvalue weighted by molar-refractivity contribution is -0.118. The molecule has 30 heavy (non-hydrogen) atoms. The van der Waals surface area contributed by atoms with Crippen molar-refractivity contribution in [3.63, 3.8) is 0 Å². The zero-order valence-corrected chi connectivity index (χ0v) is 18.2. The number of benzene rings is 2. The van der Waals surface area contributed by atoms with Crippen molar-refractivity contribution in [1.29, 1.82) is 0 Å². The molecule has 1 N–H and O–H groups in total. The van der Waals surface area contributed by atoms with Crippen LogP contribution in [0.5, 0.6) is 17.2 Å². The van der Waals surface area contributed by atoms with E-state index >= 15 is 0 Å². The Hall–Kier alpha value is -3.20. The number of methoxy groups -OCH3 is 3. The number of ether oxygens (including phenoxy) is 3. The van der Waals surface area contributed by atoms with Crippen LogP contribution in [0.2, 0.25) is 0 Å². The molecule has 0 bridgehead atoms. The predicted octanol–water partition coefficient (Wildman–Crippen LogP) is 2.92. The average molecular weight is 429 g/mol. The largest absolute Gasteiger partial charge is 0.496 e. The van der Waals surface area contributed by atoms with Gasteiger partial charge in [0.1, 0.15) is 5.75 Å². The second-order valence-corrected chi connectivity index (χ2v) is 7.26. The number of thioether (sulfide) groups is 1. The Kier molecular flexibility index (Phi) is 7.18. The van der Waals surface area contributed by atoms with Crippen LogP contribution in [0.4, 0.5) is 0 Å². The molecule has 3 aromatic rings. The molecule has 158 valence electrons. The van der Waals surface area contributed by atoms with Gasteiger partial charge in [0.05, 0.1) is 32.6 Å². The smallest absolute Gasteiger partial charge is 0.230 e. The summed E-state index contributed by atoms with van der Waals surface area (Å²) in [5.74, 6) is 2.80. The Morgan fingerprint density at radius 1 is 1.00 bits per heavy atom. The summed E-state index contributed by atoms with van der Waals surface area (Å²) in [6.45, 7) is 0.394. The number of amides is 1. The Morgan fingerprint density at radius 3 is 2.47 bits per heavy atom. The fourth-order valence-electron chi connectivity index (χ4n) is 2.88. The standard InChI is InChI=1S/C21H24N4O4S/c1-25-20(15-7-5-6-8-16(15)27-2)23-24-21(25)30-13-19(26)22-12-14-9-10-17(28-3)18(11-14)29-4/h5-11H,12-13H2,1-4H3,(H,22,26). The minimum atomic E-state index is -0.100. The summed E-state index contributed by atoms with van der Waals surface area (Å²) in [6.07, 6.45) is 0. The molecule has 0 aliphatic rings. The van der Waals surface area contributed by atoms with E-state index in [1.807, 2.05) is 54.1 Å². The van der Waals surface area contributed by atoms with E-state index < -0.39 is 0 Å². The Bertz CT molecular complexity index is 1020. The molecule has 8 nitrogen and oxygen atoms in total. The number of carbonyl (C=O) groups excluding carboxylic acids is 1. The lowest BCUT2D eigenvalue weighted by atomic mass is 10.2. The highest BCUT2D eigenvalue weighted by Gasteiger charge is 2.16. The summed E-state index contributed by atoms with van der Waals surface area (Å²) >= 11 is 1.32. The Labute approximate surface area is 179 Å². The first-order chi connectivity index (χ1) is 14.6. The zero-order chi connectivity index (χ0) is 21.5. The third kappa shape index (κ3) is 4.85. The van der Waals surface area contributed by atoms with E-state index in [0.717, 1.165) is 16.9 Å². The van der Waals surface area contributed by atoms with Crippen molar-refractivity contribution in [3.05, 3.63) is 48.0 Å². The highest BCUT2D eigenvalue weighted by atomic mass is 32.2. The van der Waals surface area contributed by atoms with Crippen LogP contribution in [-0.2, 0) is 18.4 Å². The van der Waals surface area contributed by atoms with Crippen LogP contribution in [0, 0.1) is 0 Å². The number of nitrogens with zero attached hydrogens (tertiary/aromatic N) is 3. The molecule has 0 saturated heterocycles. The summed E-state index contributed by atoms with van der Waals surface area (Å²) in [7, 11) is 6.65. The minimum absolute atomic E-state index is 0.100. The van der Waals surface area contributed by atoms with Crippen LogP contribution in [0.1, 0.15) is 5.56 Å². The first-order valence-corrected chi connectivity index (χ1v) is 10.2. The second-order valence-electron chi connectivity index (χ2n) is 6.32. The first kappa shape index (κ1) is 21.5. The summed E-state index contributed by atoms with van der Waals surface area (Å²) in [4.78, 5) is 12.3. The zero-order valence-electron chi connectivity index (χ0n) is 17.3. The van der Waals surface area contributed by atoms with Gasteiger partial charge in [-0.15, -0.1) is 10.2 Å². The number of hydrogen-bond acceptors (Lipinski definition) is 7. The Balaban J connectivity index is 1.59. The van der Waals surface area contributed by atoms with Gasteiger partial charge in [-0.25, -0.2) is 0 Å². The molecule has 0 spiro atoms. The molecule has 0 aliphatic carbocycles. The van der Waals surface area contributed by atoms with E-state index in [1.165, 1.54) is 11.8 Å². The van der Waals surface area contributed by atoms with Crippen LogP contribution in [0.15, 0.2) is 47.6 Å². The third-order valence-corrected chi connectivity index (χ3v) is 5.47. The lowest BCUT2D eigenvalue weighted by Gasteiger charge is -2.10. The SMILES string of the molecule is COc1ccc(CNC(=O)CSc2nnc(-c3ccccc3OC)n2C)cc1OC. The van der Waals surface area contributed by atoms with E-state index in [4.69, 9.17) is 14.2 Å². The van der Waals surface area contributed by atoms with E-state index in [1.54, 1.807) is 21.3 Å².